The van der Waals surface area contributed by atoms with E-state index in [4.69, 9.17) is 26.6 Å². The van der Waals surface area contributed by atoms with Crippen molar-refractivity contribution in [3.8, 4) is 5.75 Å². The number of benzene rings is 1. The zero-order valence-electron chi connectivity index (χ0n) is 15.3. The summed E-state index contributed by atoms with van der Waals surface area (Å²) in [6.45, 7) is 4.02. The van der Waals surface area contributed by atoms with Crippen LogP contribution in [0.3, 0.4) is 0 Å². The normalized spacial score (nSPS) is 17.9. The van der Waals surface area contributed by atoms with Gasteiger partial charge < -0.3 is 24.4 Å². The number of rotatable bonds is 5. The van der Waals surface area contributed by atoms with Crippen LogP contribution in [0.2, 0.25) is 5.02 Å². The summed E-state index contributed by atoms with van der Waals surface area (Å²) in [7, 11) is 0. The molecule has 0 radical (unpaired) electrons. The lowest BCUT2D eigenvalue weighted by Crippen LogP contribution is -2.47. The van der Waals surface area contributed by atoms with Gasteiger partial charge in [-0.15, -0.1) is 0 Å². The Labute approximate surface area is 166 Å². The summed E-state index contributed by atoms with van der Waals surface area (Å²) in [6, 6.07) is 3.76. The van der Waals surface area contributed by atoms with E-state index in [2.05, 4.69) is 9.80 Å². The van der Waals surface area contributed by atoms with Crippen LogP contribution in [0.1, 0.15) is 18.9 Å². The highest BCUT2D eigenvalue weighted by atomic mass is 35.5. The summed E-state index contributed by atoms with van der Waals surface area (Å²) in [5.41, 5.74) is 1.12. The van der Waals surface area contributed by atoms with Crippen LogP contribution in [0.5, 0.6) is 5.75 Å². The third kappa shape index (κ3) is 3.67. The molecule has 0 amide bonds. The molecule has 0 bridgehead atoms. The molecular weight excluding hydrogens is 386 g/mol. The number of β-amino-alcohol motifs (C(OH)–C–C–N with tert-alkyl or cyclic N) is 1. The fourth-order valence-electron chi connectivity index (χ4n) is 3.75. The Kier molecular flexibility index (Phi) is 5.18. The molecule has 150 valence electrons. The van der Waals surface area contributed by atoms with Crippen LogP contribution >= 0.6 is 11.6 Å². The number of carbonyl (C=O) groups is 1. The fraction of sp³-hybridized carbons (Fsp3) is 0.474. The van der Waals surface area contributed by atoms with E-state index >= 15 is 0 Å². The number of anilines is 1. The van der Waals surface area contributed by atoms with Crippen molar-refractivity contribution in [3.63, 3.8) is 0 Å². The molecule has 1 aromatic heterocycles. The lowest BCUT2D eigenvalue weighted by molar-refractivity contribution is 0.143. The zero-order valence-corrected chi connectivity index (χ0v) is 16.1. The van der Waals surface area contributed by atoms with E-state index in [1.54, 1.807) is 6.07 Å². The van der Waals surface area contributed by atoms with Crippen molar-refractivity contribution in [2.45, 2.75) is 18.9 Å². The van der Waals surface area contributed by atoms with E-state index in [9.17, 15) is 9.59 Å². The van der Waals surface area contributed by atoms with Crippen molar-refractivity contribution in [2.24, 2.45) is 0 Å². The number of pyridine rings is 1. The number of ether oxygens (including phenoxy) is 1. The number of aromatic nitrogens is 1. The number of fused-ring (bicyclic) bond motifs is 1. The molecule has 28 heavy (non-hydrogen) atoms. The van der Waals surface area contributed by atoms with Gasteiger partial charge in [0.25, 0.3) is 0 Å². The highest BCUT2D eigenvalue weighted by Gasteiger charge is 2.28. The van der Waals surface area contributed by atoms with Gasteiger partial charge in [0, 0.05) is 38.8 Å². The standard InChI is InChI=1S/C19H22ClN3O5/c20-14-9-13-15(10-16(14)22-5-3-21(4-6-22)7-8-24)23(12-1-2-12)11-17(18(13)25)28-19(26)27/h9-12,24H,1-8H2,(H,26,27). The van der Waals surface area contributed by atoms with E-state index in [0.717, 1.165) is 50.2 Å². The van der Waals surface area contributed by atoms with Gasteiger partial charge in [-0.3, -0.25) is 9.69 Å². The molecule has 2 aromatic rings. The number of aliphatic hydroxyl groups excluding tert-OH is 1. The summed E-state index contributed by atoms with van der Waals surface area (Å²) in [4.78, 5) is 28.0. The highest BCUT2D eigenvalue weighted by molar-refractivity contribution is 6.34. The van der Waals surface area contributed by atoms with Crippen molar-refractivity contribution < 1.29 is 19.7 Å². The third-order valence-electron chi connectivity index (χ3n) is 5.33. The smallest absolute Gasteiger partial charge is 0.449 e. The largest absolute Gasteiger partial charge is 0.511 e. The number of hydrogen-bond donors (Lipinski definition) is 2. The van der Waals surface area contributed by atoms with Crippen LogP contribution in [-0.2, 0) is 0 Å². The molecule has 0 spiro atoms. The molecule has 4 rings (SSSR count). The predicted molar refractivity (Wildman–Crippen MR) is 106 cm³/mol. The maximum atomic E-state index is 12.7. The first kappa shape index (κ1) is 19.0. The number of hydrogen-bond acceptors (Lipinski definition) is 6. The molecule has 0 unspecified atom stereocenters. The Morgan fingerprint density at radius 2 is 1.93 bits per heavy atom. The monoisotopic (exact) mass is 407 g/mol. The summed E-state index contributed by atoms with van der Waals surface area (Å²) < 4.78 is 6.62. The first-order valence-electron chi connectivity index (χ1n) is 9.35. The van der Waals surface area contributed by atoms with Crippen molar-refractivity contribution in [2.75, 3.05) is 44.2 Å². The summed E-state index contributed by atoms with van der Waals surface area (Å²) >= 11 is 6.51. The Hall–Kier alpha value is -2.29. The maximum Gasteiger partial charge on any atom is 0.511 e. The SMILES string of the molecule is O=C(O)Oc1cn(C2CC2)c2cc(N3CCN(CCO)CC3)c(Cl)cc2c1=O. The van der Waals surface area contributed by atoms with Gasteiger partial charge in [-0.05, 0) is 25.0 Å². The van der Waals surface area contributed by atoms with Gasteiger partial charge in [-0.2, -0.15) is 0 Å². The van der Waals surface area contributed by atoms with Gasteiger partial charge in [0.2, 0.25) is 5.43 Å². The Morgan fingerprint density at radius 1 is 1.21 bits per heavy atom. The molecule has 2 heterocycles. The molecule has 8 nitrogen and oxygen atoms in total. The average Bonchev–Trinajstić information content (AvgIpc) is 3.50. The molecule has 1 aliphatic heterocycles. The van der Waals surface area contributed by atoms with E-state index in [1.165, 1.54) is 6.20 Å². The Bertz CT molecular complexity index is 964. The second kappa shape index (κ2) is 7.62. The molecule has 1 saturated heterocycles. The molecule has 1 aliphatic carbocycles. The number of halogens is 1. The molecule has 2 N–H and O–H groups in total. The first-order valence-corrected chi connectivity index (χ1v) is 9.73. The molecule has 0 atom stereocenters. The van der Waals surface area contributed by atoms with Gasteiger partial charge in [-0.25, -0.2) is 4.79 Å². The van der Waals surface area contributed by atoms with E-state index in [-0.39, 0.29) is 18.4 Å². The van der Waals surface area contributed by atoms with Gasteiger partial charge in [0.15, 0.2) is 5.75 Å². The van der Waals surface area contributed by atoms with Crippen molar-refractivity contribution in [1.82, 2.24) is 9.47 Å². The van der Waals surface area contributed by atoms with E-state index in [1.807, 2.05) is 10.6 Å². The predicted octanol–water partition coefficient (Wildman–Crippen LogP) is 2.16. The third-order valence-corrected chi connectivity index (χ3v) is 5.64. The summed E-state index contributed by atoms with van der Waals surface area (Å²) in [6.07, 6.45) is 1.93. The number of aliphatic hydroxyl groups is 1. The second-order valence-electron chi connectivity index (χ2n) is 7.20. The van der Waals surface area contributed by atoms with Crippen molar-refractivity contribution in [1.29, 1.82) is 0 Å². The highest BCUT2D eigenvalue weighted by Crippen LogP contribution is 2.39. The fourth-order valence-corrected chi connectivity index (χ4v) is 4.03. The Balaban J connectivity index is 1.74. The zero-order chi connectivity index (χ0) is 19.8. The van der Waals surface area contributed by atoms with Gasteiger partial charge >= 0.3 is 6.16 Å². The molecule has 2 fully saturated rings. The number of piperazine rings is 1. The molecule has 2 aliphatic rings. The molecule has 1 aromatic carbocycles. The van der Waals surface area contributed by atoms with Crippen molar-refractivity contribution in [3.05, 3.63) is 33.6 Å². The quantitative estimate of drug-likeness (QED) is 0.733. The van der Waals surface area contributed by atoms with Gasteiger partial charge in [0.05, 0.1) is 34.4 Å². The van der Waals surface area contributed by atoms with Crippen LogP contribution in [-0.4, -0.2) is 65.2 Å². The average molecular weight is 408 g/mol. The number of nitrogens with zero attached hydrogens (tertiary/aromatic N) is 3. The van der Waals surface area contributed by atoms with E-state index < -0.39 is 11.6 Å². The molecule has 9 heteroatoms. The van der Waals surface area contributed by atoms with Crippen LogP contribution in [0.15, 0.2) is 23.1 Å². The maximum absolute atomic E-state index is 12.7. The van der Waals surface area contributed by atoms with Crippen LogP contribution in [0.4, 0.5) is 10.5 Å². The van der Waals surface area contributed by atoms with Gasteiger partial charge in [0.1, 0.15) is 0 Å². The minimum Gasteiger partial charge on any atom is -0.449 e. The van der Waals surface area contributed by atoms with E-state index in [0.29, 0.717) is 17.0 Å². The van der Waals surface area contributed by atoms with Crippen LogP contribution in [0.25, 0.3) is 10.9 Å². The lowest BCUT2D eigenvalue weighted by atomic mass is 10.1. The topological polar surface area (TPSA) is 95.2 Å². The summed E-state index contributed by atoms with van der Waals surface area (Å²) in [5, 5.41) is 18.8. The van der Waals surface area contributed by atoms with Crippen molar-refractivity contribution >= 4 is 34.3 Å². The van der Waals surface area contributed by atoms with Crippen LogP contribution in [0, 0.1) is 0 Å². The molecular formula is C19H22ClN3O5. The minimum absolute atomic E-state index is 0.144. The van der Waals surface area contributed by atoms with Gasteiger partial charge in [-0.1, -0.05) is 11.6 Å². The minimum atomic E-state index is -1.51. The molecule has 1 saturated carbocycles. The lowest BCUT2D eigenvalue weighted by Gasteiger charge is -2.36. The second-order valence-corrected chi connectivity index (χ2v) is 7.61. The number of carboxylic acid groups (broad SMARTS) is 1. The summed E-state index contributed by atoms with van der Waals surface area (Å²) in [5.74, 6) is -0.201. The van der Waals surface area contributed by atoms with Crippen LogP contribution < -0.4 is 15.1 Å². The Morgan fingerprint density at radius 3 is 2.54 bits per heavy atom. The first-order chi connectivity index (χ1) is 13.5.